The topological polar surface area (TPSA) is 63.1 Å². The van der Waals surface area contributed by atoms with E-state index in [9.17, 15) is 4.79 Å². The second-order valence-electron chi connectivity index (χ2n) is 8.25. The highest BCUT2D eigenvalue weighted by atomic mass is 16.2. The molecule has 0 spiro atoms. The van der Waals surface area contributed by atoms with Crippen molar-refractivity contribution < 1.29 is 4.79 Å². The van der Waals surface area contributed by atoms with Crippen molar-refractivity contribution in [3.05, 3.63) is 47.7 Å². The summed E-state index contributed by atoms with van der Waals surface area (Å²) in [7, 11) is 1.96. The van der Waals surface area contributed by atoms with E-state index in [0.29, 0.717) is 11.5 Å². The van der Waals surface area contributed by atoms with Crippen molar-refractivity contribution in [1.29, 1.82) is 0 Å². The molecule has 0 saturated carbocycles. The average Bonchev–Trinajstić information content (AvgIpc) is 3.34. The maximum absolute atomic E-state index is 13.5. The third-order valence-corrected chi connectivity index (χ3v) is 5.77. The standard InChI is InChI=1S/C23H29N5O/c1-15(2)28-22-20(13-25-28)19(23(29)27-10-9-17(14-27)12-24-4)11-21(26-22)18-8-6-5-7-16(18)3/h5-8,11,13,15,17,24H,9-10,12,14H2,1-4H3. The van der Waals surface area contributed by atoms with Crippen molar-refractivity contribution in [2.75, 3.05) is 26.7 Å². The minimum absolute atomic E-state index is 0.0779. The summed E-state index contributed by atoms with van der Waals surface area (Å²) in [6.45, 7) is 8.77. The van der Waals surface area contributed by atoms with Crippen molar-refractivity contribution >= 4 is 16.9 Å². The molecule has 1 fully saturated rings. The van der Waals surface area contributed by atoms with Gasteiger partial charge in [0, 0.05) is 24.7 Å². The van der Waals surface area contributed by atoms with E-state index in [-0.39, 0.29) is 11.9 Å². The first-order chi connectivity index (χ1) is 14.0. The molecule has 1 aromatic carbocycles. The summed E-state index contributed by atoms with van der Waals surface area (Å²) in [6.07, 6.45) is 2.83. The largest absolute Gasteiger partial charge is 0.338 e. The van der Waals surface area contributed by atoms with Crippen LogP contribution in [0.5, 0.6) is 0 Å². The van der Waals surface area contributed by atoms with Gasteiger partial charge in [-0.25, -0.2) is 9.67 Å². The van der Waals surface area contributed by atoms with Gasteiger partial charge in [-0.05, 0) is 58.3 Å². The zero-order chi connectivity index (χ0) is 20.5. The van der Waals surface area contributed by atoms with Gasteiger partial charge in [0.15, 0.2) is 5.65 Å². The minimum atomic E-state index is 0.0779. The molecule has 1 unspecified atom stereocenters. The van der Waals surface area contributed by atoms with Crippen LogP contribution in [0, 0.1) is 12.8 Å². The van der Waals surface area contributed by atoms with E-state index in [2.05, 4.69) is 43.3 Å². The number of rotatable bonds is 5. The molecule has 1 saturated heterocycles. The number of fused-ring (bicyclic) bond motifs is 1. The molecular formula is C23H29N5O. The first kappa shape index (κ1) is 19.6. The van der Waals surface area contributed by atoms with E-state index in [1.165, 1.54) is 0 Å². The van der Waals surface area contributed by atoms with Crippen molar-refractivity contribution in [2.24, 2.45) is 5.92 Å². The van der Waals surface area contributed by atoms with Crippen LogP contribution in [0.1, 0.15) is 42.2 Å². The van der Waals surface area contributed by atoms with Crippen molar-refractivity contribution in [1.82, 2.24) is 25.0 Å². The first-order valence-electron chi connectivity index (χ1n) is 10.4. The van der Waals surface area contributed by atoms with Gasteiger partial charge >= 0.3 is 0 Å². The zero-order valence-electron chi connectivity index (χ0n) is 17.6. The Morgan fingerprint density at radius 2 is 2.10 bits per heavy atom. The lowest BCUT2D eigenvalue weighted by Crippen LogP contribution is -2.30. The normalized spacial score (nSPS) is 16.9. The van der Waals surface area contributed by atoms with Gasteiger partial charge in [-0.15, -0.1) is 0 Å². The SMILES string of the molecule is CNCC1CCN(C(=O)c2cc(-c3ccccc3C)nc3c2cnn3C(C)C)C1. The van der Waals surface area contributed by atoms with Crippen LogP contribution in [-0.4, -0.2) is 52.3 Å². The van der Waals surface area contributed by atoms with Crippen LogP contribution in [0.3, 0.4) is 0 Å². The second kappa shape index (κ2) is 7.95. The van der Waals surface area contributed by atoms with Crippen molar-refractivity contribution in [3.63, 3.8) is 0 Å². The molecule has 152 valence electrons. The Morgan fingerprint density at radius 1 is 1.31 bits per heavy atom. The van der Waals surface area contributed by atoms with Gasteiger partial charge in [-0.1, -0.05) is 24.3 Å². The Morgan fingerprint density at radius 3 is 2.83 bits per heavy atom. The summed E-state index contributed by atoms with van der Waals surface area (Å²) in [5, 5.41) is 8.60. The lowest BCUT2D eigenvalue weighted by Gasteiger charge is -2.18. The van der Waals surface area contributed by atoms with E-state index in [1.807, 2.05) is 34.8 Å². The van der Waals surface area contributed by atoms with Gasteiger partial charge in [-0.3, -0.25) is 4.79 Å². The molecule has 6 nitrogen and oxygen atoms in total. The maximum Gasteiger partial charge on any atom is 0.254 e. The lowest BCUT2D eigenvalue weighted by atomic mass is 10.0. The fraction of sp³-hybridized carbons (Fsp3) is 0.435. The van der Waals surface area contributed by atoms with Crippen molar-refractivity contribution in [3.8, 4) is 11.3 Å². The van der Waals surface area contributed by atoms with Crippen LogP contribution < -0.4 is 5.32 Å². The Bertz CT molecular complexity index is 1040. The second-order valence-corrected chi connectivity index (χ2v) is 8.25. The smallest absolute Gasteiger partial charge is 0.254 e. The van der Waals surface area contributed by atoms with Gasteiger partial charge in [0.2, 0.25) is 0 Å². The number of aryl methyl sites for hydroxylation is 1. The zero-order valence-corrected chi connectivity index (χ0v) is 17.6. The van der Waals surface area contributed by atoms with Crippen LogP contribution in [-0.2, 0) is 0 Å². The molecule has 1 N–H and O–H groups in total. The number of aromatic nitrogens is 3. The third kappa shape index (κ3) is 3.65. The van der Waals surface area contributed by atoms with Gasteiger partial charge in [0.1, 0.15) is 0 Å². The molecule has 1 atom stereocenters. The van der Waals surface area contributed by atoms with Crippen LogP contribution in [0.2, 0.25) is 0 Å². The van der Waals surface area contributed by atoms with Crippen molar-refractivity contribution in [2.45, 2.75) is 33.2 Å². The van der Waals surface area contributed by atoms with E-state index >= 15 is 0 Å². The monoisotopic (exact) mass is 391 g/mol. The number of nitrogens with one attached hydrogen (secondary N) is 1. The van der Waals surface area contributed by atoms with Crippen LogP contribution in [0.15, 0.2) is 36.5 Å². The molecule has 0 aliphatic carbocycles. The number of amides is 1. The molecule has 0 radical (unpaired) electrons. The number of benzene rings is 1. The number of carbonyl (C=O) groups excluding carboxylic acids is 1. The predicted molar refractivity (Wildman–Crippen MR) is 116 cm³/mol. The fourth-order valence-electron chi connectivity index (χ4n) is 4.21. The number of pyridine rings is 1. The van der Waals surface area contributed by atoms with E-state index < -0.39 is 0 Å². The Kier molecular flexibility index (Phi) is 5.37. The summed E-state index contributed by atoms with van der Waals surface area (Å²) in [5.74, 6) is 0.588. The van der Waals surface area contributed by atoms with Crippen LogP contribution in [0.25, 0.3) is 22.3 Å². The molecule has 0 bridgehead atoms. The van der Waals surface area contributed by atoms with E-state index in [1.54, 1.807) is 6.20 Å². The summed E-state index contributed by atoms with van der Waals surface area (Å²) < 4.78 is 1.90. The Labute approximate surface area is 171 Å². The van der Waals surface area contributed by atoms with Crippen LogP contribution in [0.4, 0.5) is 0 Å². The molecule has 3 aromatic rings. The summed E-state index contributed by atoms with van der Waals surface area (Å²) >= 11 is 0. The molecule has 1 aliphatic rings. The number of hydrogen-bond donors (Lipinski definition) is 1. The fourth-order valence-corrected chi connectivity index (χ4v) is 4.21. The first-order valence-corrected chi connectivity index (χ1v) is 10.4. The average molecular weight is 392 g/mol. The molecule has 6 heteroatoms. The molecule has 29 heavy (non-hydrogen) atoms. The van der Waals surface area contributed by atoms with Gasteiger partial charge in [0.05, 0.1) is 22.8 Å². The molecule has 2 aromatic heterocycles. The third-order valence-electron chi connectivity index (χ3n) is 5.77. The predicted octanol–water partition coefficient (Wildman–Crippen LogP) is 3.67. The summed E-state index contributed by atoms with van der Waals surface area (Å²) in [4.78, 5) is 20.4. The number of nitrogens with zero attached hydrogens (tertiary/aromatic N) is 4. The quantitative estimate of drug-likeness (QED) is 0.721. The maximum atomic E-state index is 13.5. The van der Waals surface area contributed by atoms with E-state index in [4.69, 9.17) is 4.98 Å². The Balaban J connectivity index is 1.82. The van der Waals surface area contributed by atoms with Crippen LogP contribution >= 0.6 is 0 Å². The molecular weight excluding hydrogens is 362 g/mol. The highest BCUT2D eigenvalue weighted by molar-refractivity contribution is 6.06. The molecule has 3 heterocycles. The number of hydrogen-bond acceptors (Lipinski definition) is 4. The molecule has 1 amide bonds. The van der Waals surface area contributed by atoms with Gasteiger partial charge in [0.25, 0.3) is 5.91 Å². The number of likely N-dealkylation sites (tertiary alicyclic amines) is 1. The molecule has 1 aliphatic heterocycles. The molecule has 4 rings (SSSR count). The van der Waals surface area contributed by atoms with Gasteiger partial charge in [-0.2, -0.15) is 5.10 Å². The minimum Gasteiger partial charge on any atom is -0.338 e. The number of carbonyl (C=O) groups is 1. The Hall–Kier alpha value is -2.73. The van der Waals surface area contributed by atoms with Gasteiger partial charge < -0.3 is 10.2 Å². The highest BCUT2D eigenvalue weighted by Crippen LogP contribution is 2.30. The summed E-state index contributed by atoms with van der Waals surface area (Å²) in [6, 6.07) is 10.3. The lowest BCUT2D eigenvalue weighted by molar-refractivity contribution is 0.0789. The highest BCUT2D eigenvalue weighted by Gasteiger charge is 2.29. The summed E-state index contributed by atoms with van der Waals surface area (Å²) in [5.41, 5.74) is 4.49. The van der Waals surface area contributed by atoms with E-state index in [0.717, 1.165) is 53.9 Å².